The molecule has 1 saturated heterocycles. The van der Waals surface area contributed by atoms with E-state index in [1.54, 1.807) is 0 Å². The summed E-state index contributed by atoms with van der Waals surface area (Å²) < 4.78 is 0. The van der Waals surface area contributed by atoms with E-state index in [1.807, 2.05) is 0 Å². The molecule has 1 aliphatic heterocycles. The van der Waals surface area contributed by atoms with E-state index in [4.69, 9.17) is 0 Å². The van der Waals surface area contributed by atoms with Crippen LogP contribution in [-0.4, -0.2) is 35.7 Å². The summed E-state index contributed by atoms with van der Waals surface area (Å²) in [6.07, 6.45) is 5.85. The molecule has 1 amide bonds. The highest BCUT2D eigenvalue weighted by Crippen LogP contribution is 2.32. The summed E-state index contributed by atoms with van der Waals surface area (Å²) in [5.74, 6) is 0.978. The number of piperidine rings is 1. The minimum atomic E-state index is -0.349. The third-order valence-corrected chi connectivity index (χ3v) is 4.92. The van der Waals surface area contributed by atoms with Crippen LogP contribution in [0.4, 0.5) is 0 Å². The maximum atomic E-state index is 12.4. The average molecular weight is 268 g/mol. The Morgan fingerprint density at radius 1 is 1.32 bits per heavy atom. The normalized spacial score (nSPS) is 39.8. The van der Waals surface area contributed by atoms with Crippen molar-refractivity contribution in [2.24, 2.45) is 11.8 Å². The maximum Gasteiger partial charge on any atom is 0.223 e. The van der Waals surface area contributed by atoms with Gasteiger partial charge in [-0.3, -0.25) is 4.79 Å². The van der Waals surface area contributed by atoms with Crippen LogP contribution in [0.2, 0.25) is 0 Å². The van der Waals surface area contributed by atoms with Crippen LogP contribution in [0.15, 0.2) is 0 Å². The molecule has 2 rings (SSSR count). The first-order chi connectivity index (χ1) is 9.04. The summed E-state index contributed by atoms with van der Waals surface area (Å²) in [5, 5.41) is 16.2. The fraction of sp³-hybridized carbons (Fsp3) is 0.933. The molecule has 0 aromatic heterocycles. The molecule has 2 atom stereocenters. The molecule has 0 radical (unpaired) electrons. The van der Waals surface area contributed by atoms with Crippen molar-refractivity contribution < 1.29 is 9.90 Å². The van der Waals surface area contributed by atoms with Gasteiger partial charge in [-0.25, -0.2) is 0 Å². The monoisotopic (exact) mass is 268 g/mol. The van der Waals surface area contributed by atoms with Gasteiger partial charge >= 0.3 is 0 Å². The quantitative estimate of drug-likeness (QED) is 0.725. The van der Waals surface area contributed by atoms with Gasteiger partial charge in [-0.1, -0.05) is 6.92 Å². The van der Waals surface area contributed by atoms with Gasteiger partial charge in [0.2, 0.25) is 5.91 Å². The topological polar surface area (TPSA) is 61.4 Å². The van der Waals surface area contributed by atoms with E-state index in [2.05, 4.69) is 24.5 Å². The summed E-state index contributed by atoms with van der Waals surface area (Å²) in [5.41, 5.74) is -0.349. The number of carbonyl (C=O) groups excluding carboxylic acids is 1. The smallest absolute Gasteiger partial charge is 0.223 e. The Kier molecular flexibility index (Phi) is 4.85. The molecule has 2 fully saturated rings. The molecular formula is C15H28N2O2. The zero-order valence-corrected chi connectivity index (χ0v) is 12.2. The highest BCUT2D eigenvalue weighted by atomic mass is 16.3. The van der Waals surface area contributed by atoms with Crippen LogP contribution in [0, 0.1) is 11.8 Å². The van der Waals surface area contributed by atoms with Gasteiger partial charge < -0.3 is 15.7 Å². The standard InChI is InChI=1S/C15H28N2O2/c1-11-3-6-15(10-18,7-4-11)17-14(19)13-5-8-16-12(2)9-13/h11-13,16,18H,3-10H2,1-2H3,(H,17,19). The van der Waals surface area contributed by atoms with Crippen LogP contribution in [0.5, 0.6) is 0 Å². The molecule has 2 unspecified atom stereocenters. The molecule has 0 spiro atoms. The van der Waals surface area contributed by atoms with Gasteiger partial charge in [0.25, 0.3) is 0 Å². The number of amides is 1. The van der Waals surface area contributed by atoms with Gasteiger partial charge in [-0.15, -0.1) is 0 Å². The molecule has 4 heteroatoms. The summed E-state index contributed by atoms with van der Waals surface area (Å²) in [6, 6.07) is 0.418. The lowest BCUT2D eigenvalue weighted by molar-refractivity contribution is -0.129. The van der Waals surface area contributed by atoms with Crippen molar-refractivity contribution in [1.82, 2.24) is 10.6 Å². The zero-order valence-electron chi connectivity index (χ0n) is 12.2. The lowest BCUT2D eigenvalue weighted by Crippen LogP contribution is -2.56. The lowest BCUT2D eigenvalue weighted by atomic mass is 9.77. The van der Waals surface area contributed by atoms with Gasteiger partial charge in [-0.05, 0) is 57.9 Å². The summed E-state index contributed by atoms with van der Waals surface area (Å²) in [6.45, 7) is 5.37. The first kappa shape index (κ1) is 14.8. The van der Waals surface area contributed by atoms with E-state index in [1.165, 1.54) is 0 Å². The predicted octanol–water partition coefficient (Wildman–Crippen LogP) is 1.43. The average Bonchev–Trinajstić information content (AvgIpc) is 2.42. The second kappa shape index (κ2) is 6.23. The van der Waals surface area contributed by atoms with Gasteiger partial charge in [-0.2, -0.15) is 0 Å². The van der Waals surface area contributed by atoms with Gasteiger partial charge in [0.15, 0.2) is 0 Å². The number of aliphatic hydroxyl groups excluding tert-OH is 1. The second-order valence-electron chi connectivity index (χ2n) is 6.69. The predicted molar refractivity (Wildman–Crippen MR) is 75.8 cm³/mol. The Bertz CT molecular complexity index is 311. The van der Waals surface area contributed by atoms with Crippen LogP contribution in [-0.2, 0) is 4.79 Å². The third-order valence-electron chi connectivity index (χ3n) is 4.92. The molecule has 1 saturated carbocycles. The van der Waals surface area contributed by atoms with Crippen LogP contribution < -0.4 is 10.6 Å². The highest BCUT2D eigenvalue weighted by molar-refractivity contribution is 5.79. The molecule has 0 aromatic carbocycles. The van der Waals surface area contributed by atoms with Gasteiger partial charge in [0.05, 0.1) is 12.1 Å². The van der Waals surface area contributed by atoms with Crippen molar-refractivity contribution in [2.45, 2.75) is 64.0 Å². The second-order valence-corrected chi connectivity index (χ2v) is 6.69. The Balaban J connectivity index is 1.92. The molecule has 0 bridgehead atoms. The first-order valence-corrected chi connectivity index (χ1v) is 7.71. The molecule has 2 aliphatic rings. The fourth-order valence-corrected chi connectivity index (χ4v) is 3.37. The molecule has 3 N–H and O–H groups in total. The van der Waals surface area contributed by atoms with Crippen LogP contribution in [0.1, 0.15) is 52.4 Å². The van der Waals surface area contributed by atoms with Crippen molar-refractivity contribution in [3.05, 3.63) is 0 Å². The van der Waals surface area contributed by atoms with Crippen molar-refractivity contribution in [3.8, 4) is 0 Å². The summed E-state index contributed by atoms with van der Waals surface area (Å²) in [7, 11) is 0. The van der Waals surface area contributed by atoms with Crippen molar-refractivity contribution >= 4 is 5.91 Å². The fourth-order valence-electron chi connectivity index (χ4n) is 3.37. The van der Waals surface area contributed by atoms with Crippen LogP contribution >= 0.6 is 0 Å². The van der Waals surface area contributed by atoms with Gasteiger partial charge in [0.1, 0.15) is 0 Å². The van der Waals surface area contributed by atoms with Crippen molar-refractivity contribution in [1.29, 1.82) is 0 Å². The molecule has 110 valence electrons. The molecular weight excluding hydrogens is 240 g/mol. The maximum absolute atomic E-state index is 12.4. The minimum Gasteiger partial charge on any atom is -0.394 e. The van der Waals surface area contributed by atoms with Crippen molar-refractivity contribution in [2.75, 3.05) is 13.2 Å². The SMILES string of the molecule is CC1CCC(CO)(NC(=O)C2CCNC(C)C2)CC1. The number of hydrogen-bond acceptors (Lipinski definition) is 3. The Morgan fingerprint density at radius 3 is 2.58 bits per heavy atom. The number of nitrogens with one attached hydrogen (secondary N) is 2. The zero-order chi connectivity index (χ0) is 13.9. The van der Waals surface area contributed by atoms with Gasteiger partial charge in [0, 0.05) is 12.0 Å². The molecule has 0 aromatic rings. The first-order valence-electron chi connectivity index (χ1n) is 7.71. The third kappa shape index (κ3) is 3.69. The Morgan fingerprint density at radius 2 is 2.00 bits per heavy atom. The van der Waals surface area contributed by atoms with E-state index in [9.17, 15) is 9.90 Å². The van der Waals surface area contributed by atoms with E-state index in [-0.39, 0.29) is 24.0 Å². The highest BCUT2D eigenvalue weighted by Gasteiger charge is 2.37. The summed E-state index contributed by atoms with van der Waals surface area (Å²) >= 11 is 0. The Hall–Kier alpha value is -0.610. The van der Waals surface area contributed by atoms with Crippen LogP contribution in [0.3, 0.4) is 0 Å². The minimum absolute atomic E-state index is 0.0754. The van der Waals surface area contributed by atoms with E-state index in [0.717, 1.165) is 51.0 Å². The molecule has 1 aliphatic carbocycles. The molecule has 1 heterocycles. The van der Waals surface area contributed by atoms with E-state index < -0.39 is 0 Å². The molecule has 4 nitrogen and oxygen atoms in total. The van der Waals surface area contributed by atoms with E-state index in [0.29, 0.717) is 6.04 Å². The van der Waals surface area contributed by atoms with Crippen LogP contribution in [0.25, 0.3) is 0 Å². The molecule has 19 heavy (non-hydrogen) atoms. The lowest BCUT2D eigenvalue weighted by Gasteiger charge is -2.40. The summed E-state index contributed by atoms with van der Waals surface area (Å²) in [4.78, 5) is 12.4. The number of aliphatic hydroxyl groups is 1. The Labute approximate surface area is 116 Å². The van der Waals surface area contributed by atoms with E-state index >= 15 is 0 Å². The largest absolute Gasteiger partial charge is 0.394 e. The van der Waals surface area contributed by atoms with Crippen molar-refractivity contribution in [3.63, 3.8) is 0 Å². The number of rotatable bonds is 3. The number of carbonyl (C=O) groups is 1. The number of hydrogen-bond donors (Lipinski definition) is 3.